The van der Waals surface area contributed by atoms with Crippen LogP contribution in [0, 0.1) is 0 Å². The molecule has 3 heteroatoms. The summed E-state index contributed by atoms with van der Waals surface area (Å²) in [4.78, 5) is 7.43. The highest BCUT2D eigenvalue weighted by Crippen LogP contribution is 2.57. The summed E-state index contributed by atoms with van der Waals surface area (Å²) in [6.07, 6.45) is 0. The van der Waals surface area contributed by atoms with Gasteiger partial charge in [-0.15, -0.1) is 0 Å². The molecule has 0 amide bonds. The molecule has 0 N–H and O–H groups in total. The number of benzene rings is 9. The molecule has 0 saturated heterocycles. The van der Waals surface area contributed by atoms with E-state index >= 15 is 0 Å². The summed E-state index contributed by atoms with van der Waals surface area (Å²) < 4.78 is 6.41. The standard InChI is InChI=1S/C56H38N2O/c1-5-16-39(17-6-1)41-28-30-42(31-29-41)55-57-53-38-48(33-35-54(53)59-55)58(46-25-15-20-43(36-46)40-18-7-2-8-19-40)47-32-34-50-49-26-13-14-27-51(49)56(52(50)37-47,44-21-9-3-10-22-44)45-23-11-4-12-24-45/h1-38H. The van der Waals surface area contributed by atoms with Crippen LogP contribution in [0.5, 0.6) is 0 Å². The summed E-state index contributed by atoms with van der Waals surface area (Å²) in [5, 5.41) is 0. The molecule has 1 aliphatic rings. The molecule has 0 saturated carbocycles. The Hall–Kier alpha value is -7.75. The molecule has 11 rings (SSSR count). The van der Waals surface area contributed by atoms with Gasteiger partial charge in [0.05, 0.1) is 5.41 Å². The molecule has 0 spiro atoms. The molecule has 0 unspecified atom stereocenters. The highest BCUT2D eigenvalue weighted by molar-refractivity contribution is 5.91. The van der Waals surface area contributed by atoms with Crippen molar-refractivity contribution in [1.29, 1.82) is 0 Å². The van der Waals surface area contributed by atoms with Gasteiger partial charge in [-0.2, -0.15) is 0 Å². The minimum atomic E-state index is -0.525. The van der Waals surface area contributed by atoms with E-state index in [0.29, 0.717) is 5.89 Å². The number of nitrogens with zero attached hydrogens (tertiary/aromatic N) is 2. The topological polar surface area (TPSA) is 29.3 Å². The molecule has 10 aromatic rings. The number of rotatable bonds is 8. The van der Waals surface area contributed by atoms with Crippen molar-refractivity contribution in [2.75, 3.05) is 4.90 Å². The zero-order chi connectivity index (χ0) is 39.2. The first-order chi connectivity index (χ1) is 29.2. The maximum absolute atomic E-state index is 6.41. The Morgan fingerprint density at radius 3 is 1.56 bits per heavy atom. The number of oxazole rings is 1. The van der Waals surface area contributed by atoms with E-state index in [4.69, 9.17) is 9.40 Å². The van der Waals surface area contributed by atoms with Gasteiger partial charge >= 0.3 is 0 Å². The number of fused-ring (bicyclic) bond motifs is 4. The Balaban J connectivity index is 1.09. The van der Waals surface area contributed by atoms with E-state index < -0.39 is 5.41 Å². The first kappa shape index (κ1) is 34.5. The summed E-state index contributed by atoms with van der Waals surface area (Å²) in [5.74, 6) is 0.597. The van der Waals surface area contributed by atoms with Gasteiger partial charge in [-0.1, -0.05) is 176 Å². The lowest BCUT2D eigenvalue weighted by Crippen LogP contribution is -2.28. The van der Waals surface area contributed by atoms with Crippen LogP contribution in [0.25, 0.3) is 55.9 Å². The van der Waals surface area contributed by atoms with Gasteiger partial charge in [0.15, 0.2) is 5.58 Å². The van der Waals surface area contributed by atoms with E-state index in [-0.39, 0.29) is 0 Å². The fourth-order valence-corrected chi connectivity index (χ4v) is 9.09. The van der Waals surface area contributed by atoms with Crippen molar-refractivity contribution in [3.8, 4) is 44.8 Å². The highest BCUT2D eigenvalue weighted by Gasteiger charge is 2.46. The van der Waals surface area contributed by atoms with Crippen LogP contribution in [-0.2, 0) is 5.41 Å². The molecule has 3 nitrogen and oxygen atoms in total. The van der Waals surface area contributed by atoms with Gasteiger partial charge in [0, 0.05) is 22.6 Å². The Kier molecular flexibility index (Phi) is 8.37. The van der Waals surface area contributed by atoms with Gasteiger partial charge in [0.25, 0.3) is 0 Å². The molecule has 1 aromatic heterocycles. The van der Waals surface area contributed by atoms with Crippen molar-refractivity contribution in [3.63, 3.8) is 0 Å². The molecule has 1 aliphatic carbocycles. The van der Waals surface area contributed by atoms with E-state index in [0.717, 1.165) is 44.9 Å². The Bertz CT molecular complexity index is 3040. The summed E-state index contributed by atoms with van der Waals surface area (Å²) in [6, 6.07) is 82.4. The second kappa shape index (κ2) is 14.3. The first-order valence-electron chi connectivity index (χ1n) is 20.1. The van der Waals surface area contributed by atoms with Crippen molar-refractivity contribution in [1.82, 2.24) is 4.98 Å². The Morgan fingerprint density at radius 2 is 0.864 bits per heavy atom. The second-order valence-electron chi connectivity index (χ2n) is 15.1. The van der Waals surface area contributed by atoms with Crippen LogP contribution in [0.4, 0.5) is 17.1 Å². The molecule has 0 radical (unpaired) electrons. The van der Waals surface area contributed by atoms with Gasteiger partial charge in [0.1, 0.15) is 5.52 Å². The van der Waals surface area contributed by atoms with Crippen LogP contribution in [-0.4, -0.2) is 4.98 Å². The van der Waals surface area contributed by atoms with Crippen LogP contribution < -0.4 is 4.90 Å². The van der Waals surface area contributed by atoms with Crippen LogP contribution in [0.2, 0.25) is 0 Å². The molecule has 1 heterocycles. The molecule has 278 valence electrons. The third-order valence-corrected chi connectivity index (χ3v) is 11.8. The summed E-state index contributed by atoms with van der Waals surface area (Å²) >= 11 is 0. The smallest absolute Gasteiger partial charge is 0.227 e. The molecule has 0 atom stereocenters. The van der Waals surface area contributed by atoms with Crippen LogP contribution in [0.3, 0.4) is 0 Å². The lowest BCUT2D eigenvalue weighted by molar-refractivity contribution is 0.620. The van der Waals surface area contributed by atoms with E-state index in [1.807, 2.05) is 6.07 Å². The number of hydrogen-bond acceptors (Lipinski definition) is 3. The number of anilines is 3. The predicted octanol–water partition coefficient (Wildman–Crippen LogP) is 14.7. The molecular formula is C56H38N2O. The third-order valence-electron chi connectivity index (χ3n) is 11.8. The average molecular weight is 755 g/mol. The van der Waals surface area contributed by atoms with E-state index in [2.05, 4.69) is 229 Å². The van der Waals surface area contributed by atoms with Gasteiger partial charge in [0.2, 0.25) is 5.89 Å². The summed E-state index contributed by atoms with van der Waals surface area (Å²) in [7, 11) is 0. The van der Waals surface area contributed by atoms with Gasteiger partial charge in [-0.3, -0.25) is 0 Å². The third kappa shape index (κ3) is 5.86. The molecular weight excluding hydrogens is 717 g/mol. The van der Waals surface area contributed by atoms with Crippen LogP contribution >= 0.6 is 0 Å². The van der Waals surface area contributed by atoms with Crippen LogP contribution in [0.1, 0.15) is 22.3 Å². The normalized spacial score (nSPS) is 12.5. The van der Waals surface area contributed by atoms with Crippen molar-refractivity contribution >= 4 is 28.2 Å². The van der Waals surface area contributed by atoms with E-state index in [1.54, 1.807) is 0 Å². The quantitative estimate of drug-likeness (QED) is 0.155. The number of aromatic nitrogens is 1. The first-order valence-corrected chi connectivity index (χ1v) is 20.1. The fourth-order valence-electron chi connectivity index (χ4n) is 9.09. The summed E-state index contributed by atoms with van der Waals surface area (Å²) in [6.45, 7) is 0. The van der Waals surface area contributed by atoms with Gasteiger partial charge < -0.3 is 9.32 Å². The molecule has 9 aromatic carbocycles. The van der Waals surface area contributed by atoms with Gasteiger partial charge in [-0.05, 0) is 110 Å². The molecule has 0 fully saturated rings. The lowest BCUT2D eigenvalue weighted by atomic mass is 9.67. The fraction of sp³-hybridized carbons (Fsp3) is 0.0179. The molecule has 59 heavy (non-hydrogen) atoms. The number of hydrogen-bond donors (Lipinski definition) is 0. The Morgan fingerprint density at radius 1 is 0.356 bits per heavy atom. The minimum absolute atomic E-state index is 0.525. The van der Waals surface area contributed by atoms with Crippen molar-refractivity contribution < 1.29 is 4.42 Å². The average Bonchev–Trinajstić information content (AvgIpc) is 3.88. The zero-order valence-corrected chi connectivity index (χ0v) is 32.2. The van der Waals surface area contributed by atoms with Crippen molar-refractivity contribution in [2.45, 2.75) is 5.41 Å². The lowest BCUT2D eigenvalue weighted by Gasteiger charge is -2.35. The van der Waals surface area contributed by atoms with Crippen molar-refractivity contribution in [3.05, 3.63) is 253 Å². The summed E-state index contributed by atoms with van der Waals surface area (Å²) in [5.41, 5.74) is 17.2. The maximum atomic E-state index is 6.41. The van der Waals surface area contributed by atoms with Crippen molar-refractivity contribution in [2.24, 2.45) is 0 Å². The second-order valence-corrected chi connectivity index (χ2v) is 15.1. The zero-order valence-electron chi connectivity index (χ0n) is 32.2. The van der Waals surface area contributed by atoms with E-state index in [1.165, 1.54) is 44.5 Å². The monoisotopic (exact) mass is 754 g/mol. The minimum Gasteiger partial charge on any atom is -0.436 e. The predicted molar refractivity (Wildman–Crippen MR) is 242 cm³/mol. The Labute approximate surface area is 344 Å². The molecule has 0 bridgehead atoms. The molecule has 0 aliphatic heterocycles. The van der Waals surface area contributed by atoms with Crippen LogP contribution in [0.15, 0.2) is 235 Å². The highest BCUT2D eigenvalue weighted by atomic mass is 16.3. The maximum Gasteiger partial charge on any atom is 0.227 e. The largest absolute Gasteiger partial charge is 0.436 e. The van der Waals surface area contributed by atoms with E-state index in [9.17, 15) is 0 Å². The SMILES string of the molecule is c1ccc(-c2ccc(-c3nc4cc(N(c5cccc(-c6ccccc6)c5)c5ccc6c(c5)C(c5ccccc5)(c5ccccc5)c5ccccc5-6)ccc4o3)cc2)cc1. The van der Waals surface area contributed by atoms with Gasteiger partial charge in [-0.25, -0.2) is 4.98 Å².